The van der Waals surface area contributed by atoms with Gasteiger partial charge in [0.15, 0.2) is 0 Å². The van der Waals surface area contributed by atoms with Crippen molar-refractivity contribution in [3.63, 3.8) is 0 Å². The fourth-order valence-corrected chi connectivity index (χ4v) is 4.17. The molecule has 0 atom stereocenters. The predicted molar refractivity (Wildman–Crippen MR) is 98.5 cm³/mol. The van der Waals surface area contributed by atoms with Crippen LogP contribution in [0, 0.1) is 0 Å². The summed E-state index contributed by atoms with van der Waals surface area (Å²) >= 11 is 17.7. The molecule has 12 heteroatoms. The molecule has 0 aliphatic carbocycles. The summed E-state index contributed by atoms with van der Waals surface area (Å²) in [5.41, 5.74) is -0.872. The van der Waals surface area contributed by atoms with Crippen LogP contribution < -0.4 is 10.0 Å². The van der Waals surface area contributed by atoms with Crippen molar-refractivity contribution in [2.75, 3.05) is 18.5 Å². The molecule has 0 aliphatic rings. The largest absolute Gasteiger partial charge is 0.416 e. The summed E-state index contributed by atoms with van der Waals surface area (Å²) in [4.78, 5) is -0.290. The van der Waals surface area contributed by atoms with E-state index in [9.17, 15) is 21.6 Å². The first-order valence-electron chi connectivity index (χ1n) is 7.19. The summed E-state index contributed by atoms with van der Waals surface area (Å²) in [5.74, 6) is 0. The molecule has 148 valence electrons. The monoisotopic (exact) mass is 462 g/mol. The topological polar surface area (TPSA) is 78.4 Å². The van der Waals surface area contributed by atoms with Crippen molar-refractivity contribution in [3.05, 3.63) is 51.0 Å². The van der Waals surface area contributed by atoms with Gasteiger partial charge in [0, 0.05) is 12.2 Å². The summed E-state index contributed by atoms with van der Waals surface area (Å²) in [5, 5.41) is 10.8. The fraction of sp³-hybridized carbons (Fsp3) is 0.200. The Bertz CT molecular complexity index is 930. The lowest BCUT2D eigenvalue weighted by Gasteiger charge is -2.15. The SMILES string of the molecule is O=S(=O)(NCCO)c1cc(Nc2c(Cl)cc(C(F)(F)F)cc2Cl)ccc1Cl. The van der Waals surface area contributed by atoms with Crippen LogP contribution in [0.3, 0.4) is 0 Å². The third-order valence-corrected chi connectivity index (χ3v) is 5.80. The molecule has 3 N–H and O–H groups in total. The summed E-state index contributed by atoms with van der Waals surface area (Å²) in [6, 6.07) is 5.24. The molecule has 2 rings (SSSR count). The second-order valence-corrected chi connectivity index (χ2v) is 8.16. The molecule has 0 bridgehead atoms. The van der Waals surface area contributed by atoms with Gasteiger partial charge in [-0.3, -0.25) is 0 Å². The van der Waals surface area contributed by atoms with E-state index in [2.05, 4.69) is 10.0 Å². The molecule has 0 spiro atoms. The number of alkyl halides is 3. The molecule has 2 aromatic carbocycles. The number of benzene rings is 2. The maximum absolute atomic E-state index is 12.8. The highest BCUT2D eigenvalue weighted by atomic mass is 35.5. The van der Waals surface area contributed by atoms with Crippen LogP contribution in [-0.4, -0.2) is 26.7 Å². The van der Waals surface area contributed by atoms with E-state index in [-0.39, 0.29) is 37.9 Å². The minimum Gasteiger partial charge on any atom is -0.395 e. The Balaban J connectivity index is 2.41. The third-order valence-electron chi connectivity index (χ3n) is 3.26. The highest BCUT2D eigenvalue weighted by Crippen LogP contribution is 2.40. The molecule has 0 fully saturated rings. The maximum atomic E-state index is 12.8. The van der Waals surface area contributed by atoms with Gasteiger partial charge in [-0.25, -0.2) is 13.1 Å². The molecule has 0 aromatic heterocycles. The molecule has 0 saturated carbocycles. The Morgan fingerprint density at radius 1 is 1.00 bits per heavy atom. The number of aliphatic hydroxyl groups is 1. The molecule has 0 saturated heterocycles. The summed E-state index contributed by atoms with van der Waals surface area (Å²) < 4.78 is 64.9. The first-order valence-corrected chi connectivity index (χ1v) is 9.81. The standard InChI is InChI=1S/C15H12Cl3F3N2O3S/c16-10-2-1-9(7-13(10)27(25,26)22-3-4-24)23-14-11(17)5-8(6-12(14)18)15(19,20)21/h1-2,5-7,22-24H,3-4H2. The average Bonchev–Trinajstić information content (AvgIpc) is 2.56. The zero-order valence-corrected chi connectivity index (χ0v) is 16.3. The van der Waals surface area contributed by atoms with Gasteiger partial charge in [-0.2, -0.15) is 13.2 Å². The molecule has 0 aliphatic heterocycles. The van der Waals surface area contributed by atoms with Crippen molar-refractivity contribution >= 4 is 56.2 Å². The van der Waals surface area contributed by atoms with E-state index in [0.717, 1.165) is 6.07 Å². The maximum Gasteiger partial charge on any atom is 0.416 e. The number of halogens is 6. The number of aliphatic hydroxyl groups excluding tert-OH is 1. The molecule has 5 nitrogen and oxygen atoms in total. The Labute approximate surface area is 168 Å². The molecule has 0 amide bonds. The lowest BCUT2D eigenvalue weighted by atomic mass is 10.2. The zero-order chi connectivity index (χ0) is 20.4. The van der Waals surface area contributed by atoms with Crippen LogP contribution in [0.15, 0.2) is 35.2 Å². The average molecular weight is 464 g/mol. The molecule has 0 unspecified atom stereocenters. The smallest absolute Gasteiger partial charge is 0.395 e. The highest BCUT2D eigenvalue weighted by molar-refractivity contribution is 7.89. The summed E-state index contributed by atoms with van der Waals surface area (Å²) in [6.45, 7) is -0.627. The van der Waals surface area contributed by atoms with Gasteiger partial charge in [0.25, 0.3) is 0 Å². The van der Waals surface area contributed by atoms with Gasteiger partial charge in [0.1, 0.15) is 4.90 Å². The van der Waals surface area contributed by atoms with E-state index < -0.39 is 28.4 Å². The van der Waals surface area contributed by atoms with Gasteiger partial charge in [0.05, 0.1) is 32.9 Å². The van der Waals surface area contributed by atoms with Crippen molar-refractivity contribution in [1.29, 1.82) is 0 Å². The number of sulfonamides is 1. The van der Waals surface area contributed by atoms with Crippen molar-refractivity contribution < 1.29 is 26.7 Å². The van der Waals surface area contributed by atoms with Gasteiger partial charge >= 0.3 is 6.18 Å². The molecule has 0 radical (unpaired) electrons. The minimum absolute atomic E-state index is 0.0275. The predicted octanol–water partition coefficient (Wildman–Crippen LogP) is 4.68. The van der Waals surface area contributed by atoms with Gasteiger partial charge in [0.2, 0.25) is 10.0 Å². The molecular formula is C15H12Cl3F3N2O3S. The number of anilines is 2. The second-order valence-electron chi connectivity index (χ2n) is 5.20. The van der Waals surface area contributed by atoms with Crippen LogP contribution in [-0.2, 0) is 16.2 Å². The number of hydrogen-bond donors (Lipinski definition) is 3. The Kier molecular flexibility index (Phi) is 6.88. The Morgan fingerprint density at radius 3 is 2.11 bits per heavy atom. The third kappa shape index (κ3) is 5.40. The summed E-state index contributed by atoms with van der Waals surface area (Å²) in [7, 11) is -4.01. The Morgan fingerprint density at radius 2 is 1.59 bits per heavy atom. The lowest BCUT2D eigenvalue weighted by Crippen LogP contribution is -2.26. The number of nitrogens with one attached hydrogen (secondary N) is 2. The molecule has 0 heterocycles. The minimum atomic E-state index is -4.62. The van der Waals surface area contributed by atoms with Gasteiger partial charge in [-0.05, 0) is 30.3 Å². The molecule has 27 heavy (non-hydrogen) atoms. The van der Waals surface area contributed by atoms with E-state index in [1.165, 1.54) is 12.1 Å². The first-order chi connectivity index (χ1) is 12.5. The Hall–Kier alpha value is -1.23. The van der Waals surface area contributed by atoms with Crippen LogP contribution in [0.25, 0.3) is 0 Å². The zero-order valence-electron chi connectivity index (χ0n) is 13.2. The van der Waals surface area contributed by atoms with Gasteiger partial charge in [-0.1, -0.05) is 34.8 Å². The van der Waals surface area contributed by atoms with Gasteiger partial charge < -0.3 is 10.4 Å². The van der Waals surface area contributed by atoms with Crippen molar-refractivity contribution in [1.82, 2.24) is 4.72 Å². The van der Waals surface area contributed by atoms with E-state index >= 15 is 0 Å². The molecular weight excluding hydrogens is 452 g/mol. The van der Waals surface area contributed by atoms with Crippen LogP contribution in [0.2, 0.25) is 15.1 Å². The highest BCUT2D eigenvalue weighted by Gasteiger charge is 2.32. The van der Waals surface area contributed by atoms with Crippen molar-refractivity contribution in [2.24, 2.45) is 0 Å². The van der Waals surface area contributed by atoms with Crippen molar-refractivity contribution in [3.8, 4) is 0 Å². The van der Waals surface area contributed by atoms with Crippen LogP contribution >= 0.6 is 34.8 Å². The van der Waals surface area contributed by atoms with E-state index in [1.807, 2.05) is 0 Å². The van der Waals surface area contributed by atoms with Crippen LogP contribution in [0.4, 0.5) is 24.5 Å². The fourth-order valence-electron chi connectivity index (χ4n) is 2.05. The van der Waals surface area contributed by atoms with E-state index in [0.29, 0.717) is 12.1 Å². The van der Waals surface area contributed by atoms with E-state index in [4.69, 9.17) is 39.9 Å². The summed E-state index contributed by atoms with van der Waals surface area (Å²) in [6.07, 6.45) is -4.62. The second kappa shape index (κ2) is 8.42. The van der Waals surface area contributed by atoms with E-state index in [1.54, 1.807) is 0 Å². The number of hydrogen-bond acceptors (Lipinski definition) is 4. The van der Waals surface area contributed by atoms with Crippen LogP contribution in [0.5, 0.6) is 0 Å². The number of rotatable bonds is 6. The normalized spacial score (nSPS) is 12.3. The molecule has 2 aromatic rings. The lowest BCUT2D eigenvalue weighted by molar-refractivity contribution is -0.137. The van der Waals surface area contributed by atoms with Gasteiger partial charge in [-0.15, -0.1) is 0 Å². The van der Waals surface area contributed by atoms with Crippen molar-refractivity contribution in [2.45, 2.75) is 11.1 Å². The van der Waals surface area contributed by atoms with Crippen LogP contribution in [0.1, 0.15) is 5.56 Å². The quantitative estimate of drug-likeness (QED) is 0.581. The first kappa shape index (κ1) is 22.1.